The first-order valence-corrected chi connectivity index (χ1v) is 11.7. The van der Waals surface area contributed by atoms with Gasteiger partial charge in [0.05, 0.1) is 18.8 Å². The molecule has 1 heterocycles. The van der Waals surface area contributed by atoms with Crippen LogP contribution < -0.4 is 10.1 Å². The van der Waals surface area contributed by atoms with E-state index >= 15 is 0 Å². The van der Waals surface area contributed by atoms with Crippen molar-refractivity contribution in [1.29, 1.82) is 0 Å². The maximum atomic E-state index is 12.8. The Labute approximate surface area is 182 Å². The molecule has 0 aliphatic heterocycles. The molecular formula is C24H31NO4S. The summed E-state index contributed by atoms with van der Waals surface area (Å²) in [5.41, 5.74) is 2.11. The summed E-state index contributed by atoms with van der Waals surface area (Å²) in [7, 11) is 0. The average Bonchev–Trinajstić information content (AvgIpc) is 3.08. The summed E-state index contributed by atoms with van der Waals surface area (Å²) >= 11 is 1.50. The summed E-state index contributed by atoms with van der Waals surface area (Å²) in [4.78, 5) is 26.6. The molecule has 2 aromatic rings. The van der Waals surface area contributed by atoms with Crippen molar-refractivity contribution in [3.63, 3.8) is 0 Å². The zero-order valence-corrected chi connectivity index (χ0v) is 18.9. The van der Waals surface area contributed by atoms with Crippen molar-refractivity contribution in [3.8, 4) is 5.75 Å². The fourth-order valence-corrected chi connectivity index (χ4v) is 5.07. The quantitative estimate of drug-likeness (QED) is 0.400. The van der Waals surface area contributed by atoms with E-state index in [1.807, 2.05) is 12.1 Å². The SMILES string of the molecule is CCCCCOc1ccc(C(=O)Nc2sc3c(c2C(=O)OCC)CCC(C)C3)cc1. The van der Waals surface area contributed by atoms with E-state index in [0.717, 1.165) is 49.8 Å². The number of ether oxygens (including phenoxy) is 2. The van der Waals surface area contributed by atoms with Crippen molar-refractivity contribution in [1.82, 2.24) is 0 Å². The lowest BCUT2D eigenvalue weighted by atomic mass is 9.88. The molecule has 1 unspecified atom stereocenters. The first-order valence-electron chi connectivity index (χ1n) is 10.9. The molecule has 1 N–H and O–H groups in total. The third-order valence-electron chi connectivity index (χ3n) is 5.35. The number of rotatable bonds is 9. The van der Waals surface area contributed by atoms with Gasteiger partial charge in [0, 0.05) is 10.4 Å². The molecule has 0 fully saturated rings. The predicted molar refractivity (Wildman–Crippen MR) is 121 cm³/mol. The smallest absolute Gasteiger partial charge is 0.341 e. The van der Waals surface area contributed by atoms with Gasteiger partial charge in [-0.1, -0.05) is 26.7 Å². The molecule has 3 rings (SSSR count). The number of esters is 1. The van der Waals surface area contributed by atoms with E-state index < -0.39 is 0 Å². The third kappa shape index (κ3) is 5.42. The molecule has 1 amide bonds. The minimum atomic E-state index is -0.351. The molecule has 1 atom stereocenters. The largest absolute Gasteiger partial charge is 0.494 e. The van der Waals surface area contributed by atoms with Crippen LogP contribution in [0.15, 0.2) is 24.3 Å². The van der Waals surface area contributed by atoms with Gasteiger partial charge in [0.15, 0.2) is 0 Å². The highest BCUT2D eigenvalue weighted by atomic mass is 32.1. The number of hydrogen-bond donors (Lipinski definition) is 1. The molecule has 5 nitrogen and oxygen atoms in total. The summed E-state index contributed by atoms with van der Waals surface area (Å²) in [6, 6.07) is 7.14. The van der Waals surface area contributed by atoms with Gasteiger partial charge < -0.3 is 14.8 Å². The van der Waals surface area contributed by atoms with Gasteiger partial charge in [0.2, 0.25) is 0 Å². The molecular weight excluding hydrogens is 398 g/mol. The Morgan fingerprint density at radius 2 is 1.93 bits per heavy atom. The highest BCUT2D eigenvalue weighted by Gasteiger charge is 2.29. The normalized spacial score (nSPS) is 15.4. The first kappa shape index (κ1) is 22.3. The minimum Gasteiger partial charge on any atom is -0.494 e. The van der Waals surface area contributed by atoms with Gasteiger partial charge in [0.1, 0.15) is 10.8 Å². The molecule has 30 heavy (non-hydrogen) atoms. The van der Waals surface area contributed by atoms with E-state index in [9.17, 15) is 9.59 Å². The number of hydrogen-bond acceptors (Lipinski definition) is 5. The van der Waals surface area contributed by atoms with Crippen LogP contribution in [0.25, 0.3) is 0 Å². The number of unbranched alkanes of at least 4 members (excludes halogenated alkanes) is 2. The Hall–Kier alpha value is -2.34. The van der Waals surface area contributed by atoms with Crippen molar-refractivity contribution >= 4 is 28.2 Å². The van der Waals surface area contributed by atoms with E-state index in [2.05, 4.69) is 19.2 Å². The number of thiophene rings is 1. The van der Waals surface area contributed by atoms with Crippen molar-refractivity contribution in [2.75, 3.05) is 18.5 Å². The second-order valence-corrected chi connectivity index (χ2v) is 8.92. The van der Waals surface area contributed by atoms with Gasteiger partial charge in [0.25, 0.3) is 5.91 Å². The summed E-state index contributed by atoms with van der Waals surface area (Å²) in [5.74, 6) is 0.760. The molecule has 6 heteroatoms. The van der Waals surface area contributed by atoms with Crippen LogP contribution in [-0.2, 0) is 17.6 Å². The molecule has 1 aromatic carbocycles. The molecule has 1 aromatic heterocycles. The number of amides is 1. The molecule has 162 valence electrons. The first-order chi connectivity index (χ1) is 14.5. The highest BCUT2D eigenvalue weighted by Crippen LogP contribution is 2.40. The van der Waals surface area contributed by atoms with Gasteiger partial charge in [-0.3, -0.25) is 4.79 Å². The summed E-state index contributed by atoms with van der Waals surface area (Å²) < 4.78 is 11.0. The number of fused-ring (bicyclic) bond motifs is 1. The van der Waals surface area contributed by atoms with E-state index in [1.54, 1.807) is 19.1 Å². The molecule has 1 aliphatic rings. The van der Waals surface area contributed by atoms with Crippen LogP contribution in [0.3, 0.4) is 0 Å². The summed E-state index contributed by atoms with van der Waals surface area (Å²) in [5, 5.41) is 3.55. The fourth-order valence-electron chi connectivity index (χ4n) is 3.68. The molecule has 1 aliphatic carbocycles. The van der Waals surface area contributed by atoms with Gasteiger partial charge in [-0.25, -0.2) is 4.79 Å². The molecule has 0 spiro atoms. The molecule has 0 bridgehead atoms. The molecule has 0 radical (unpaired) electrons. The lowest BCUT2D eigenvalue weighted by Crippen LogP contribution is -2.16. The average molecular weight is 430 g/mol. The Kier molecular flexibility index (Phi) is 7.91. The van der Waals surface area contributed by atoms with Crippen LogP contribution in [0.2, 0.25) is 0 Å². The Morgan fingerprint density at radius 3 is 2.63 bits per heavy atom. The topological polar surface area (TPSA) is 64.6 Å². The number of anilines is 1. The fraction of sp³-hybridized carbons (Fsp3) is 0.500. The Bertz CT molecular complexity index is 872. The standard InChI is InChI=1S/C24H31NO4S/c1-4-6-7-14-29-18-11-9-17(10-12-18)22(26)25-23-21(24(27)28-5-2)19-13-8-16(3)15-20(19)30-23/h9-12,16H,4-8,13-15H2,1-3H3,(H,25,26). The maximum absolute atomic E-state index is 12.8. The lowest BCUT2D eigenvalue weighted by Gasteiger charge is -2.18. The monoisotopic (exact) mass is 429 g/mol. The van der Waals surface area contributed by atoms with Crippen molar-refractivity contribution in [3.05, 3.63) is 45.8 Å². The second kappa shape index (κ2) is 10.6. The second-order valence-electron chi connectivity index (χ2n) is 7.81. The summed E-state index contributed by atoms with van der Waals surface area (Å²) in [6.07, 6.45) is 6.15. The van der Waals surface area contributed by atoms with Crippen molar-refractivity contribution < 1.29 is 19.1 Å². The molecule has 0 saturated heterocycles. The Morgan fingerprint density at radius 1 is 1.17 bits per heavy atom. The van der Waals surface area contributed by atoms with E-state index in [4.69, 9.17) is 9.47 Å². The van der Waals surface area contributed by atoms with Gasteiger partial charge in [-0.2, -0.15) is 0 Å². The number of nitrogens with one attached hydrogen (secondary N) is 1. The zero-order chi connectivity index (χ0) is 21.5. The number of carbonyl (C=O) groups is 2. The number of benzene rings is 1. The predicted octanol–water partition coefficient (Wildman–Crippen LogP) is 5.87. The highest BCUT2D eigenvalue weighted by molar-refractivity contribution is 7.17. The van der Waals surface area contributed by atoms with E-state index in [1.165, 1.54) is 16.2 Å². The number of carbonyl (C=O) groups excluding carboxylic acids is 2. The van der Waals surface area contributed by atoms with E-state index in [-0.39, 0.29) is 11.9 Å². The third-order valence-corrected chi connectivity index (χ3v) is 6.52. The lowest BCUT2D eigenvalue weighted by molar-refractivity contribution is 0.0526. The summed E-state index contributed by atoms with van der Waals surface area (Å²) in [6.45, 7) is 7.17. The van der Waals surface area contributed by atoms with Crippen LogP contribution >= 0.6 is 11.3 Å². The van der Waals surface area contributed by atoms with Crippen LogP contribution in [-0.4, -0.2) is 25.1 Å². The zero-order valence-electron chi connectivity index (χ0n) is 18.1. The molecule has 0 saturated carbocycles. The van der Waals surface area contributed by atoms with Gasteiger partial charge >= 0.3 is 5.97 Å². The van der Waals surface area contributed by atoms with Crippen LogP contribution in [0.4, 0.5) is 5.00 Å². The van der Waals surface area contributed by atoms with Gasteiger partial charge in [-0.15, -0.1) is 11.3 Å². The Balaban J connectivity index is 1.73. The van der Waals surface area contributed by atoms with Crippen molar-refractivity contribution in [2.45, 2.75) is 59.3 Å². The van der Waals surface area contributed by atoms with Crippen molar-refractivity contribution in [2.24, 2.45) is 5.92 Å². The van der Waals surface area contributed by atoms with Crippen LogP contribution in [0.5, 0.6) is 5.75 Å². The van der Waals surface area contributed by atoms with Gasteiger partial charge in [-0.05, 0) is 68.4 Å². The van der Waals surface area contributed by atoms with Crippen LogP contribution in [0, 0.1) is 5.92 Å². The van der Waals surface area contributed by atoms with Crippen LogP contribution in [0.1, 0.15) is 77.6 Å². The minimum absolute atomic E-state index is 0.232. The van der Waals surface area contributed by atoms with E-state index in [0.29, 0.717) is 35.3 Å². The maximum Gasteiger partial charge on any atom is 0.341 e.